The molecule has 0 fully saturated rings. The third-order valence-corrected chi connectivity index (χ3v) is 2.49. The van der Waals surface area contributed by atoms with Gasteiger partial charge in [0.1, 0.15) is 6.29 Å². The van der Waals surface area contributed by atoms with E-state index in [2.05, 4.69) is 4.98 Å². The highest BCUT2D eigenvalue weighted by Gasteiger charge is 2.12. The predicted octanol–water partition coefficient (Wildman–Crippen LogP) is 2.79. The number of nitrogens with zero attached hydrogens (tertiary/aromatic N) is 1. The molecule has 0 atom stereocenters. The van der Waals surface area contributed by atoms with E-state index in [9.17, 15) is 13.6 Å². The van der Waals surface area contributed by atoms with Gasteiger partial charge in [0, 0.05) is 23.9 Å². The summed E-state index contributed by atoms with van der Waals surface area (Å²) in [5.74, 6) is -2.24. The first kappa shape index (κ1) is 13.1. The van der Waals surface area contributed by atoms with Gasteiger partial charge in [0.05, 0.1) is 6.61 Å². The van der Waals surface area contributed by atoms with Gasteiger partial charge in [0.15, 0.2) is 17.4 Å². The van der Waals surface area contributed by atoms with Crippen LogP contribution in [0.25, 0.3) is 0 Å². The van der Waals surface area contributed by atoms with Crippen molar-refractivity contribution in [1.82, 2.24) is 4.98 Å². The minimum absolute atomic E-state index is 0.0629. The van der Waals surface area contributed by atoms with Gasteiger partial charge in [-0.1, -0.05) is 6.07 Å². The predicted molar refractivity (Wildman–Crippen MR) is 65.2 cm³/mol. The van der Waals surface area contributed by atoms with Crippen LogP contribution in [0.1, 0.15) is 16.1 Å². The molecule has 0 bridgehead atoms. The summed E-state index contributed by atoms with van der Waals surface area (Å²) in [6.45, 7) is 0.102. The fourth-order valence-corrected chi connectivity index (χ4v) is 1.59. The SMILES string of the molecule is O=Cc1cc(F)c(OCCc2ccccn2)c(F)c1. The van der Waals surface area contributed by atoms with Crippen LogP contribution in [-0.2, 0) is 6.42 Å². The Morgan fingerprint density at radius 2 is 1.95 bits per heavy atom. The number of aldehydes is 1. The molecule has 0 aliphatic heterocycles. The molecule has 0 saturated heterocycles. The molecule has 0 aliphatic rings. The van der Waals surface area contributed by atoms with Crippen LogP contribution in [0.2, 0.25) is 0 Å². The summed E-state index contributed by atoms with van der Waals surface area (Å²) >= 11 is 0. The molecule has 19 heavy (non-hydrogen) atoms. The molecule has 3 nitrogen and oxygen atoms in total. The number of carbonyl (C=O) groups excluding carboxylic acids is 1. The van der Waals surface area contributed by atoms with Crippen LogP contribution in [-0.4, -0.2) is 17.9 Å². The molecule has 0 spiro atoms. The van der Waals surface area contributed by atoms with E-state index in [0.717, 1.165) is 17.8 Å². The molecule has 98 valence electrons. The van der Waals surface area contributed by atoms with Crippen LogP contribution in [0.4, 0.5) is 8.78 Å². The van der Waals surface area contributed by atoms with E-state index >= 15 is 0 Å². The number of benzene rings is 1. The molecule has 0 unspecified atom stereocenters. The maximum Gasteiger partial charge on any atom is 0.190 e. The van der Waals surface area contributed by atoms with E-state index in [1.54, 1.807) is 18.3 Å². The van der Waals surface area contributed by atoms with E-state index in [1.165, 1.54) is 0 Å². The lowest BCUT2D eigenvalue weighted by atomic mass is 10.2. The molecule has 1 heterocycles. The van der Waals surface area contributed by atoms with Gasteiger partial charge in [-0.2, -0.15) is 0 Å². The number of hydrogen-bond acceptors (Lipinski definition) is 3. The van der Waals surface area contributed by atoms with Crippen LogP contribution >= 0.6 is 0 Å². The molecular formula is C14H11F2NO2. The van der Waals surface area contributed by atoms with E-state index < -0.39 is 17.4 Å². The van der Waals surface area contributed by atoms with Crippen LogP contribution in [0, 0.1) is 11.6 Å². The minimum atomic E-state index is -0.886. The first-order chi connectivity index (χ1) is 9.20. The Hall–Kier alpha value is -2.30. The second-order valence-corrected chi connectivity index (χ2v) is 3.85. The molecule has 0 amide bonds. The third kappa shape index (κ3) is 3.34. The summed E-state index contributed by atoms with van der Waals surface area (Å²) in [6.07, 6.45) is 2.45. The Bertz CT molecular complexity index is 550. The highest BCUT2D eigenvalue weighted by molar-refractivity contribution is 5.75. The van der Waals surface area contributed by atoms with Gasteiger partial charge >= 0.3 is 0 Å². The van der Waals surface area contributed by atoms with Crippen molar-refractivity contribution in [2.45, 2.75) is 6.42 Å². The van der Waals surface area contributed by atoms with Crippen LogP contribution in [0.5, 0.6) is 5.75 Å². The van der Waals surface area contributed by atoms with Crippen molar-refractivity contribution in [3.8, 4) is 5.75 Å². The molecule has 2 rings (SSSR count). The number of pyridine rings is 1. The van der Waals surface area contributed by atoms with Gasteiger partial charge in [-0.3, -0.25) is 9.78 Å². The first-order valence-corrected chi connectivity index (χ1v) is 5.67. The zero-order chi connectivity index (χ0) is 13.7. The highest BCUT2D eigenvalue weighted by Crippen LogP contribution is 2.22. The Morgan fingerprint density at radius 3 is 2.53 bits per heavy atom. The van der Waals surface area contributed by atoms with Crippen LogP contribution in [0.3, 0.4) is 0 Å². The van der Waals surface area contributed by atoms with Crippen molar-refractivity contribution in [3.05, 3.63) is 59.4 Å². The van der Waals surface area contributed by atoms with Crippen molar-refractivity contribution in [2.75, 3.05) is 6.61 Å². The minimum Gasteiger partial charge on any atom is -0.487 e. The second-order valence-electron chi connectivity index (χ2n) is 3.85. The van der Waals surface area contributed by atoms with Crippen molar-refractivity contribution < 1.29 is 18.3 Å². The lowest BCUT2D eigenvalue weighted by molar-refractivity contribution is 0.112. The second kappa shape index (κ2) is 6.04. The average Bonchev–Trinajstić information content (AvgIpc) is 2.42. The lowest BCUT2D eigenvalue weighted by Crippen LogP contribution is -2.06. The van der Waals surface area contributed by atoms with Crippen molar-refractivity contribution in [1.29, 1.82) is 0 Å². The Balaban J connectivity index is 2.02. The molecule has 0 N–H and O–H groups in total. The van der Waals surface area contributed by atoms with E-state index in [1.807, 2.05) is 6.07 Å². The quantitative estimate of drug-likeness (QED) is 0.779. The Kier molecular flexibility index (Phi) is 4.18. The number of halogens is 2. The van der Waals surface area contributed by atoms with Crippen LogP contribution in [0.15, 0.2) is 36.5 Å². The van der Waals surface area contributed by atoms with Gasteiger partial charge in [-0.25, -0.2) is 8.78 Å². The highest BCUT2D eigenvalue weighted by atomic mass is 19.1. The summed E-state index contributed by atoms with van der Waals surface area (Å²) in [5.41, 5.74) is 0.708. The smallest absolute Gasteiger partial charge is 0.190 e. The van der Waals surface area contributed by atoms with Crippen LogP contribution < -0.4 is 4.74 Å². The molecule has 5 heteroatoms. The van der Waals surface area contributed by atoms with Gasteiger partial charge < -0.3 is 4.74 Å². The topological polar surface area (TPSA) is 39.2 Å². The molecule has 1 aromatic carbocycles. The number of carbonyl (C=O) groups is 1. The molecular weight excluding hydrogens is 252 g/mol. The number of ether oxygens (including phenoxy) is 1. The molecule has 0 saturated carbocycles. The average molecular weight is 263 g/mol. The summed E-state index contributed by atoms with van der Waals surface area (Å²) in [7, 11) is 0. The molecule has 2 aromatic rings. The van der Waals surface area contributed by atoms with E-state index in [-0.39, 0.29) is 12.2 Å². The maximum absolute atomic E-state index is 13.5. The zero-order valence-corrected chi connectivity index (χ0v) is 9.98. The van der Waals surface area contributed by atoms with Crippen molar-refractivity contribution >= 4 is 6.29 Å². The Morgan fingerprint density at radius 1 is 1.21 bits per heavy atom. The van der Waals surface area contributed by atoms with Crippen molar-refractivity contribution in [3.63, 3.8) is 0 Å². The fraction of sp³-hybridized carbons (Fsp3) is 0.143. The zero-order valence-electron chi connectivity index (χ0n) is 9.98. The monoisotopic (exact) mass is 263 g/mol. The molecule has 0 radical (unpaired) electrons. The standard InChI is InChI=1S/C14H11F2NO2/c15-12-7-10(9-18)8-13(16)14(12)19-6-4-11-3-1-2-5-17-11/h1-3,5,7-9H,4,6H2. The maximum atomic E-state index is 13.5. The lowest BCUT2D eigenvalue weighted by Gasteiger charge is -2.08. The van der Waals surface area contributed by atoms with Gasteiger partial charge in [-0.05, 0) is 24.3 Å². The Labute approximate surface area is 108 Å². The van der Waals surface area contributed by atoms with Gasteiger partial charge in [-0.15, -0.1) is 0 Å². The van der Waals surface area contributed by atoms with Gasteiger partial charge in [0.25, 0.3) is 0 Å². The number of rotatable bonds is 5. The summed E-state index contributed by atoms with van der Waals surface area (Å²) in [6, 6.07) is 7.27. The number of hydrogen-bond donors (Lipinski definition) is 0. The summed E-state index contributed by atoms with van der Waals surface area (Å²) in [4.78, 5) is 14.5. The molecule has 0 aliphatic carbocycles. The summed E-state index contributed by atoms with van der Waals surface area (Å²) < 4.78 is 32.0. The van der Waals surface area contributed by atoms with E-state index in [0.29, 0.717) is 12.7 Å². The van der Waals surface area contributed by atoms with Crippen molar-refractivity contribution in [2.24, 2.45) is 0 Å². The fourth-order valence-electron chi connectivity index (χ4n) is 1.59. The number of aromatic nitrogens is 1. The van der Waals surface area contributed by atoms with Gasteiger partial charge in [0.2, 0.25) is 0 Å². The normalized spacial score (nSPS) is 10.2. The molecule has 1 aromatic heterocycles. The largest absolute Gasteiger partial charge is 0.487 e. The summed E-state index contributed by atoms with van der Waals surface area (Å²) in [5, 5.41) is 0. The third-order valence-electron chi connectivity index (χ3n) is 2.49. The first-order valence-electron chi connectivity index (χ1n) is 5.67. The van der Waals surface area contributed by atoms with E-state index in [4.69, 9.17) is 4.74 Å².